The summed E-state index contributed by atoms with van der Waals surface area (Å²) in [7, 11) is 0. The van der Waals surface area contributed by atoms with E-state index in [9.17, 15) is 19.8 Å². The standard InChI is InChI=1S/C52H48O4/c1-3-5-7-13-35-19-23-37(24-20-35)39-27-31-41(32-28-39)51(55)45-17-11-9-15-43(45)49(53)47(51)48-50(54)44-16-10-12-18-46(44)52(48,56)42-33-29-40(30-34-42)38-25-21-36(22-26-38)14-8-6-4-2/h9-12,15-34,55-56H,3-8,13-14H2,1-2H3/b48-47+/t51-,52-/m1/s1. The largest absolute Gasteiger partial charge is 0.376 e. The van der Waals surface area contributed by atoms with Gasteiger partial charge in [-0.3, -0.25) is 9.59 Å². The minimum atomic E-state index is -2.00. The third-order valence-electron chi connectivity index (χ3n) is 11.9. The van der Waals surface area contributed by atoms with Crippen LogP contribution >= 0.6 is 0 Å². The Kier molecular flexibility index (Phi) is 10.3. The number of aryl methyl sites for hydroxylation is 2. The number of fused-ring (bicyclic) bond motifs is 2. The van der Waals surface area contributed by atoms with Gasteiger partial charge in [0, 0.05) is 22.3 Å². The molecule has 8 rings (SSSR count). The smallest absolute Gasteiger partial charge is 0.193 e. The zero-order chi connectivity index (χ0) is 38.9. The number of carbonyl (C=O) groups excluding carboxylic acids is 2. The zero-order valence-corrected chi connectivity index (χ0v) is 32.2. The fourth-order valence-corrected chi connectivity index (χ4v) is 8.74. The highest BCUT2D eigenvalue weighted by Crippen LogP contribution is 2.55. The quantitative estimate of drug-likeness (QED) is 0.0969. The van der Waals surface area contributed by atoms with Crippen molar-refractivity contribution in [2.75, 3.05) is 0 Å². The van der Waals surface area contributed by atoms with Gasteiger partial charge in [0.1, 0.15) is 11.2 Å². The normalized spacial score (nSPS) is 20.0. The average Bonchev–Trinajstić information content (AvgIpc) is 3.61. The molecule has 0 fully saturated rings. The Labute approximate surface area is 330 Å². The van der Waals surface area contributed by atoms with Crippen LogP contribution < -0.4 is 0 Å². The molecule has 0 unspecified atom stereocenters. The Balaban J connectivity index is 1.22. The number of Topliss-reactive ketones (excluding diaryl/α,β-unsaturated/α-hetero) is 2. The molecule has 56 heavy (non-hydrogen) atoms. The second-order valence-corrected chi connectivity index (χ2v) is 15.4. The van der Waals surface area contributed by atoms with Crippen LogP contribution in [-0.2, 0) is 24.0 Å². The number of unbranched alkanes of at least 4 members (excludes halogenated alkanes) is 4. The predicted octanol–water partition coefficient (Wildman–Crippen LogP) is 11.3. The van der Waals surface area contributed by atoms with Gasteiger partial charge in [0.15, 0.2) is 11.6 Å². The maximum absolute atomic E-state index is 14.7. The zero-order valence-electron chi connectivity index (χ0n) is 32.2. The van der Waals surface area contributed by atoms with Gasteiger partial charge in [0.25, 0.3) is 0 Å². The van der Waals surface area contributed by atoms with Gasteiger partial charge in [-0.2, -0.15) is 0 Å². The van der Waals surface area contributed by atoms with Gasteiger partial charge in [-0.25, -0.2) is 0 Å². The molecular weight excluding hydrogens is 689 g/mol. The lowest BCUT2D eigenvalue weighted by atomic mass is 9.75. The van der Waals surface area contributed by atoms with Gasteiger partial charge >= 0.3 is 0 Å². The Hall–Kier alpha value is -5.68. The van der Waals surface area contributed by atoms with Crippen molar-refractivity contribution in [3.8, 4) is 22.3 Å². The molecule has 0 aliphatic heterocycles. The summed E-state index contributed by atoms with van der Waals surface area (Å²) >= 11 is 0. The van der Waals surface area contributed by atoms with Crippen molar-refractivity contribution >= 4 is 11.6 Å². The molecular formula is C52H48O4. The molecule has 0 bridgehead atoms. The van der Waals surface area contributed by atoms with Gasteiger partial charge in [-0.1, -0.05) is 185 Å². The van der Waals surface area contributed by atoms with Crippen molar-refractivity contribution in [3.05, 3.63) is 201 Å². The molecule has 280 valence electrons. The lowest BCUT2D eigenvalue weighted by Gasteiger charge is -2.32. The number of rotatable bonds is 12. The second-order valence-electron chi connectivity index (χ2n) is 15.4. The van der Waals surface area contributed by atoms with Crippen molar-refractivity contribution in [2.45, 2.75) is 76.4 Å². The topological polar surface area (TPSA) is 74.6 Å². The summed E-state index contributed by atoms with van der Waals surface area (Å²) in [5, 5.41) is 26.2. The molecule has 4 nitrogen and oxygen atoms in total. The number of carbonyl (C=O) groups is 2. The van der Waals surface area contributed by atoms with Crippen LogP contribution in [0.1, 0.15) is 106 Å². The van der Waals surface area contributed by atoms with Crippen LogP contribution in [0.5, 0.6) is 0 Å². The third-order valence-corrected chi connectivity index (χ3v) is 11.9. The van der Waals surface area contributed by atoms with Gasteiger partial charge in [0.2, 0.25) is 0 Å². The Morgan fingerprint density at radius 2 is 0.732 bits per heavy atom. The van der Waals surface area contributed by atoms with Gasteiger partial charge < -0.3 is 10.2 Å². The molecule has 6 aromatic carbocycles. The number of hydrogen-bond donors (Lipinski definition) is 2. The van der Waals surface area contributed by atoms with Crippen LogP contribution in [0.15, 0.2) is 157 Å². The van der Waals surface area contributed by atoms with Gasteiger partial charge in [-0.15, -0.1) is 0 Å². The fraction of sp³-hybridized carbons (Fsp3) is 0.231. The summed E-state index contributed by atoms with van der Waals surface area (Å²) in [4.78, 5) is 29.3. The number of hydrogen-bond acceptors (Lipinski definition) is 4. The highest BCUT2D eigenvalue weighted by molar-refractivity contribution is 6.25. The number of ketones is 2. The van der Waals surface area contributed by atoms with E-state index in [1.165, 1.54) is 49.7 Å². The summed E-state index contributed by atoms with van der Waals surface area (Å²) in [6.45, 7) is 4.42. The minimum Gasteiger partial charge on any atom is -0.376 e. The third kappa shape index (κ3) is 6.37. The van der Waals surface area contributed by atoms with E-state index in [2.05, 4.69) is 62.4 Å². The molecule has 2 aliphatic carbocycles. The molecule has 2 atom stereocenters. The molecule has 0 saturated heterocycles. The lowest BCUT2D eigenvalue weighted by molar-refractivity contribution is 0.0803. The monoisotopic (exact) mass is 736 g/mol. The summed E-state index contributed by atoms with van der Waals surface area (Å²) in [5.41, 5.74) is 4.67. The van der Waals surface area contributed by atoms with Crippen molar-refractivity contribution < 1.29 is 19.8 Å². The summed E-state index contributed by atoms with van der Waals surface area (Å²) in [5.74, 6) is -0.952. The average molecular weight is 737 g/mol. The van der Waals surface area contributed by atoms with E-state index >= 15 is 0 Å². The summed E-state index contributed by atoms with van der Waals surface area (Å²) in [6, 6.07) is 46.2. The van der Waals surface area contributed by atoms with Crippen LogP contribution in [0.4, 0.5) is 0 Å². The molecule has 2 aliphatic rings. The van der Waals surface area contributed by atoms with E-state index in [1.807, 2.05) is 48.5 Å². The maximum atomic E-state index is 14.7. The maximum Gasteiger partial charge on any atom is 0.193 e. The van der Waals surface area contributed by atoms with E-state index in [-0.39, 0.29) is 11.1 Å². The van der Waals surface area contributed by atoms with E-state index in [0.29, 0.717) is 33.4 Å². The molecule has 0 saturated carbocycles. The highest BCUT2D eigenvalue weighted by atomic mass is 16.3. The first-order valence-electron chi connectivity index (χ1n) is 20.2. The molecule has 0 aromatic heterocycles. The van der Waals surface area contributed by atoms with Crippen LogP contribution in [0.2, 0.25) is 0 Å². The highest BCUT2D eigenvalue weighted by Gasteiger charge is 2.57. The SMILES string of the molecule is CCCCCc1ccc(-c2ccc([C@]3(O)/C(=C4\C(=O)c5ccccc5[C@]4(O)c4ccc(-c5ccc(CCCCC)cc5)cc4)C(=O)c4ccccc43)cc2)cc1. The number of aliphatic hydroxyl groups is 2. The van der Waals surface area contributed by atoms with E-state index in [1.54, 1.807) is 48.5 Å². The van der Waals surface area contributed by atoms with Gasteiger partial charge in [-0.05, 0) is 70.2 Å². The molecule has 2 N–H and O–H groups in total. The van der Waals surface area contributed by atoms with Gasteiger partial charge in [0.05, 0.1) is 11.1 Å². The molecule has 6 aromatic rings. The van der Waals surface area contributed by atoms with Crippen LogP contribution in [-0.4, -0.2) is 21.8 Å². The predicted molar refractivity (Wildman–Crippen MR) is 225 cm³/mol. The van der Waals surface area contributed by atoms with Crippen molar-refractivity contribution in [2.24, 2.45) is 0 Å². The fourth-order valence-electron chi connectivity index (χ4n) is 8.74. The minimum absolute atomic E-state index is 0.116. The van der Waals surface area contributed by atoms with Crippen LogP contribution in [0.25, 0.3) is 22.3 Å². The Morgan fingerprint density at radius 1 is 0.411 bits per heavy atom. The first-order valence-corrected chi connectivity index (χ1v) is 20.2. The van der Waals surface area contributed by atoms with E-state index in [0.717, 1.165) is 35.1 Å². The second kappa shape index (κ2) is 15.5. The first-order chi connectivity index (χ1) is 27.3. The first kappa shape index (κ1) is 37.3. The molecule has 4 heteroatoms. The van der Waals surface area contributed by atoms with Crippen molar-refractivity contribution in [3.63, 3.8) is 0 Å². The van der Waals surface area contributed by atoms with Crippen LogP contribution in [0.3, 0.4) is 0 Å². The number of benzene rings is 6. The summed E-state index contributed by atoms with van der Waals surface area (Å²) in [6.07, 6.45) is 9.25. The van der Waals surface area contributed by atoms with Crippen molar-refractivity contribution in [1.82, 2.24) is 0 Å². The van der Waals surface area contributed by atoms with E-state index < -0.39 is 22.8 Å². The molecule has 0 amide bonds. The molecule has 0 heterocycles. The summed E-state index contributed by atoms with van der Waals surface area (Å²) < 4.78 is 0. The van der Waals surface area contributed by atoms with Crippen molar-refractivity contribution in [1.29, 1.82) is 0 Å². The Morgan fingerprint density at radius 3 is 1.07 bits per heavy atom. The Bertz CT molecular complexity index is 2250. The lowest BCUT2D eigenvalue weighted by Crippen LogP contribution is -2.36. The molecule has 0 spiro atoms. The van der Waals surface area contributed by atoms with E-state index in [4.69, 9.17) is 0 Å². The molecule has 0 radical (unpaired) electrons. The van der Waals surface area contributed by atoms with Crippen LogP contribution in [0, 0.1) is 0 Å².